The van der Waals surface area contributed by atoms with Crippen LogP contribution in [0.4, 0.5) is 11.6 Å². The minimum absolute atomic E-state index is 0.495. The van der Waals surface area contributed by atoms with Crippen LogP contribution in [0.5, 0.6) is 5.75 Å². The van der Waals surface area contributed by atoms with Gasteiger partial charge >= 0.3 is 0 Å². The van der Waals surface area contributed by atoms with E-state index in [1.807, 2.05) is 54.6 Å². The van der Waals surface area contributed by atoms with E-state index in [2.05, 4.69) is 35.5 Å². The van der Waals surface area contributed by atoms with Crippen LogP contribution in [0.25, 0.3) is 33.7 Å². The van der Waals surface area contributed by atoms with Gasteiger partial charge in [-0.25, -0.2) is 15.0 Å². The summed E-state index contributed by atoms with van der Waals surface area (Å²) in [5.74, 6) is 2.06. The van der Waals surface area contributed by atoms with E-state index >= 15 is 0 Å². The second kappa shape index (κ2) is 7.59. The summed E-state index contributed by atoms with van der Waals surface area (Å²) in [6.07, 6.45) is 5.07. The summed E-state index contributed by atoms with van der Waals surface area (Å²) in [4.78, 5) is 16.8. The van der Waals surface area contributed by atoms with Gasteiger partial charge in [-0.1, -0.05) is 12.1 Å². The van der Waals surface area contributed by atoms with Crippen LogP contribution < -0.4 is 10.1 Å². The Bertz CT molecular complexity index is 1300. The molecular formula is C22H17N7O. The zero-order valence-corrected chi connectivity index (χ0v) is 16.1. The van der Waals surface area contributed by atoms with Crippen molar-refractivity contribution in [2.75, 3.05) is 12.4 Å². The lowest BCUT2D eigenvalue weighted by Gasteiger charge is -2.06. The maximum Gasteiger partial charge on any atom is 0.227 e. The van der Waals surface area contributed by atoms with Crippen LogP contribution in [0.1, 0.15) is 0 Å². The molecule has 8 heteroatoms. The topological polar surface area (TPSA) is 102 Å². The van der Waals surface area contributed by atoms with Crippen molar-refractivity contribution in [1.29, 1.82) is 0 Å². The molecule has 0 saturated carbocycles. The molecule has 0 unspecified atom stereocenters. The van der Waals surface area contributed by atoms with E-state index in [0.717, 1.165) is 45.1 Å². The van der Waals surface area contributed by atoms with Gasteiger partial charge in [0.15, 0.2) is 0 Å². The zero-order valence-electron chi connectivity index (χ0n) is 16.1. The molecule has 2 N–H and O–H groups in total. The highest BCUT2D eigenvalue weighted by molar-refractivity contribution is 5.81. The van der Waals surface area contributed by atoms with Gasteiger partial charge in [0.25, 0.3) is 0 Å². The average molecular weight is 395 g/mol. The van der Waals surface area contributed by atoms with Gasteiger partial charge in [0.05, 0.1) is 23.8 Å². The highest BCUT2D eigenvalue weighted by atomic mass is 16.5. The number of imidazole rings is 1. The third-order valence-corrected chi connectivity index (χ3v) is 4.60. The number of ether oxygens (including phenoxy) is 1. The highest BCUT2D eigenvalue weighted by Crippen LogP contribution is 2.26. The Hall–Kier alpha value is -4.33. The molecule has 5 rings (SSSR count). The van der Waals surface area contributed by atoms with E-state index in [4.69, 9.17) is 4.74 Å². The van der Waals surface area contributed by atoms with Crippen molar-refractivity contribution in [1.82, 2.24) is 30.1 Å². The summed E-state index contributed by atoms with van der Waals surface area (Å²) in [5, 5.41) is 11.2. The van der Waals surface area contributed by atoms with Crippen molar-refractivity contribution >= 4 is 22.7 Å². The van der Waals surface area contributed by atoms with Crippen LogP contribution in [-0.2, 0) is 0 Å². The van der Waals surface area contributed by atoms with Gasteiger partial charge in [0, 0.05) is 41.5 Å². The predicted molar refractivity (Wildman–Crippen MR) is 114 cm³/mol. The number of nitrogens with one attached hydrogen (secondary N) is 2. The van der Waals surface area contributed by atoms with Crippen LogP contribution in [0.3, 0.4) is 0 Å². The van der Waals surface area contributed by atoms with E-state index in [-0.39, 0.29) is 0 Å². The summed E-state index contributed by atoms with van der Waals surface area (Å²) in [6.45, 7) is 0. The summed E-state index contributed by atoms with van der Waals surface area (Å²) < 4.78 is 5.28. The smallest absolute Gasteiger partial charge is 0.227 e. The lowest BCUT2D eigenvalue weighted by atomic mass is 10.2. The molecule has 0 amide bonds. The van der Waals surface area contributed by atoms with E-state index in [9.17, 15) is 0 Å². The molecule has 0 aliphatic heterocycles. The zero-order chi connectivity index (χ0) is 20.3. The van der Waals surface area contributed by atoms with Gasteiger partial charge < -0.3 is 15.0 Å². The molecule has 146 valence electrons. The van der Waals surface area contributed by atoms with Gasteiger partial charge in [-0.3, -0.25) is 0 Å². The molecule has 0 aliphatic carbocycles. The number of rotatable bonds is 5. The number of nitrogens with zero attached hydrogens (tertiary/aromatic N) is 5. The van der Waals surface area contributed by atoms with Gasteiger partial charge in [-0.2, -0.15) is 10.2 Å². The summed E-state index contributed by atoms with van der Waals surface area (Å²) in [7, 11) is 1.65. The fraction of sp³-hybridized carbons (Fsp3) is 0.0455. The van der Waals surface area contributed by atoms with Crippen molar-refractivity contribution in [2.24, 2.45) is 0 Å². The lowest BCUT2D eigenvalue weighted by Crippen LogP contribution is -1.97. The summed E-state index contributed by atoms with van der Waals surface area (Å²) in [6, 6.07) is 17.4. The summed E-state index contributed by atoms with van der Waals surface area (Å²) >= 11 is 0. The van der Waals surface area contributed by atoms with Crippen molar-refractivity contribution in [3.8, 4) is 28.4 Å². The third kappa shape index (κ3) is 3.53. The standard InChI is InChI=1S/C22H17N7O/c1-30-17-7-8-19-20(11-17)28-21(27-19)14-4-2-5-16(10-14)26-22-23-12-15(13-24-22)18-6-3-9-25-29-18/h2-13H,1H3,(H,27,28)(H,23,24,26). The van der Waals surface area contributed by atoms with Crippen molar-refractivity contribution in [3.63, 3.8) is 0 Å². The Morgan fingerprint density at radius 3 is 2.63 bits per heavy atom. The maximum absolute atomic E-state index is 5.28. The number of aromatic nitrogens is 6. The van der Waals surface area contributed by atoms with E-state index in [0.29, 0.717) is 5.95 Å². The second-order valence-electron chi connectivity index (χ2n) is 6.58. The second-order valence-corrected chi connectivity index (χ2v) is 6.58. The number of hydrogen-bond donors (Lipinski definition) is 2. The molecule has 0 fully saturated rings. The largest absolute Gasteiger partial charge is 0.497 e. The van der Waals surface area contributed by atoms with E-state index < -0.39 is 0 Å². The lowest BCUT2D eigenvalue weighted by molar-refractivity contribution is 0.415. The number of anilines is 2. The van der Waals surface area contributed by atoms with Gasteiger partial charge in [0.2, 0.25) is 5.95 Å². The molecule has 0 radical (unpaired) electrons. The first-order valence-corrected chi connectivity index (χ1v) is 9.30. The molecule has 0 saturated heterocycles. The van der Waals surface area contributed by atoms with Crippen LogP contribution in [0.2, 0.25) is 0 Å². The number of fused-ring (bicyclic) bond motifs is 1. The van der Waals surface area contributed by atoms with Gasteiger partial charge in [0.1, 0.15) is 11.6 Å². The van der Waals surface area contributed by atoms with E-state index in [1.54, 1.807) is 25.7 Å². The number of hydrogen-bond acceptors (Lipinski definition) is 7. The minimum atomic E-state index is 0.495. The van der Waals surface area contributed by atoms with Crippen molar-refractivity contribution in [3.05, 3.63) is 73.2 Å². The molecule has 8 nitrogen and oxygen atoms in total. The molecular weight excluding hydrogens is 378 g/mol. The van der Waals surface area contributed by atoms with Gasteiger partial charge in [-0.15, -0.1) is 0 Å². The third-order valence-electron chi connectivity index (χ3n) is 4.60. The minimum Gasteiger partial charge on any atom is -0.497 e. The van der Waals surface area contributed by atoms with Crippen molar-refractivity contribution < 1.29 is 4.74 Å². The fourth-order valence-corrected chi connectivity index (χ4v) is 3.11. The summed E-state index contributed by atoms with van der Waals surface area (Å²) in [5.41, 5.74) is 5.15. The number of benzene rings is 2. The fourth-order valence-electron chi connectivity index (χ4n) is 3.11. The Morgan fingerprint density at radius 1 is 0.933 bits per heavy atom. The molecule has 3 aromatic heterocycles. The number of methoxy groups -OCH3 is 1. The molecule has 3 heterocycles. The van der Waals surface area contributed by atoms with Crippen LogP contribution in [-0.4, -0.2) is 37.2 Å². The van der Waals surface area contributed by atoms with Crippen LogP contribution >= 0.6 is 0 Å². The predicted octanol–water partition coefficient (Wildman–Crippen LogP) is 4.23. The normalized spacial score (nSPS) is 10.8. The molecule has 5 aromatic rings. The first kappa shape index (κ1) is 17.7. The highest BCUT2D eigenvalue weighted by Gasteiger charge is 2.08. The molecule has 0 bridgehead atoms. The Kier molecular flexibility index (Phi) is 4.49. The SMILES string of the molecule is COc1ccc2nc(-c3cccc(Nc4ncc(-c5cccnn5)cn4)c3)[nH]c2c1. The Labute approximate surface area is 172 Å². The van der Waals surface area contributed by atoms with Gasteiger partial charge in [-0.05, 0) is 36.4 Å². The molecule has 0 atom stereocenters. The first-order valence-electron chi connectivity index (χ1n) is 9.30. The molecule has 30 heavy (non-hydrogen) atoms. The quantitative estimate of drug-likeness (QED) is 0.459. The molecule has 2 aromatic carbocycles. The van der Waals surface area contributed by atoms with Crippen LogP contribution in [0, 0.1) is 0 Å². The Balaban J connectivity index is 1.39. The monoisotopic (exact) mass is 395 g/mol. The number of H-pyrrole nitrogens is 1. The average Bonchev–Trinajstić information content (AvgIpc) is 3.24. The van der Waals surface area contributed by atoms with E-state index in [1.165, 1.54) is 0 Å². The maximum atomic E-state index is 5.28. The van der Waals surface area contributed by atoms with Crippen molar-refractivity contribution in [2.45, 2.75) is 0 Å². The van der Waals surface area contributed by atoms with Crippen LogP contribution in [0.15, 0.2) is 73.2 Å². The Morgan fingerprint density at radius 2 is 1.83 bits per heavy atom. The molecule has 0 aliphatic rings. The first-order chi connectivity index (χ1) is 14.8. The number of aromatic amines is 1. The molecule has 0 spiro atoms.